The number of benzene rings is 2. The van der Waals surface area contributed by atoms with E-state index in [1.165, 1.54) is 30.7 Å². The predicted molar refractivity (Wildman–Crippen MR) is 120 cm³/mol. The number of aliphatic imine (C=N–C) groups is 1. The van der Waals surface area contributed by atoms with Gasteiger partial charge in [0.2, 0.25) is 0 Å². The van der Waals surface area contributed by atoms with Crippen LogP contribution in [0.25, 0.3) is 6.08 Å². The second-order valence-corrected chi connectivity index (χ2v) is 8.28. The third-order valence-corrected chi connectivity index (χ3v) is 5.78. The largest absolute Gasteiger partial charge is 0.493 e. The summed E-state index contributed by atoms with van der Waals surface area (Å²) in [6.07, 6.45) is 0.724. The van der Waals surface area contributed by atoms with Crippen LogP contribution >= 0.6 is 27.7 Å². The smallest absolute Gasteiger partial charge is 0.344 e. The van der Waals surface area contributed by atoms with Crippen LogP contribution in [0.4, 0.5) is 5.69 Å². The van der Waals surface area contributed by atoms with Gasteiger partial charge in [0.15, 0.2) is 22.8 Å². The molecule has 2 aromatic rings. The molecule has 1 saturated heterocycles. The molecule has 0 unspecified atom stereocenters. The van der Waals surface area contributed by atoms with Crippen LogP contribution in [0.15, 0.2) is 56.8 Å². The van der Waals surface area contributed by atoms with Crippen LogP contribution in [0.5, 0.6) is 11.5 Å². The zero-order valence-electron chi connectivity index (χ0n) is 16.5. The lowest BCUT2D eigenvalue weighted by atomic mass is 10.2. The van der Waals surface area contributed by atoms with E-state index in [-0.39, 0.29) is 5.91 Å². The molecule has 156 valence electrons. The zero-order valence-corrected chi connectivity index (χ0v) is 18.9. The van der Waals surface area contributed by atoms with E-state index in [0.29, 0.717) is 21.6 Å². The number of methoxy groups -OCH3 is 1. The summed E-state index contributed by atoms with van der Waals surface area (Å²) in [5, 5.41) is 9.59. The number of carboxylic acids is 1. The number of halogens is 1. The van der Waals surface area contributed by atoms with Crippen LogP contribution < -0.4 is 9.47 Å². The Balaban J connectivity index is 1.84. The Kier molecular flexibility index (Phi) is 6.84. The van der Waals surface area contributed by atoms with E-state index in [9.17, 15) is 9.59 Å². The SMILES string of the molecule is COc1cc(/C=C2\SC(=Nc3ccc(Br)cc3)N(C)C2=O)ccc1O[C@@H](C)C(=O)O. The van der Waals surface area contributed by atoms with E-state index in [1.54, 1.807) is 31.3 Å². The van der Waals surface area contributed by atoms with Crippen molar-refractivity contribution in [1.82, 2.24) is 4.90 Å². The van der Waals surface area contributed by atoms with Gasteiger partial charge in [0.25, 0.3) is 5.91 Å². The second-order valence-electron chi connectivity index (χ2n) is 6.35. The monoisotopic (exact) mass is 490 g/mol. The highest BCUT2D eigenvalue weighted by atomic mass is 79.9. The zero-order chi connectivity index (χ0) is 21.8. The highest BCUT2D eigenvalue weighted by Gasteiger charge is 2.30. The molecule has 0 aromatic heterocycles. The number of carbonyl (C=O) groups is 2. The lowest BCUT2D eigenvalue weighted by Gasteiger charge is -2.14. The molecule has 1 amide bonds. The van der Waals surface area contributed by atoms with Crippen LogP contribution in [0.3, 0.4) is 0 Å². The van der Waals surface area contributed by atoms with E-state index < -0.39 is 12.1 Å². The second kappa shape index (κ2) is 9.36. The number of hydrogen-bond acceptors (Lipinski definition) is 6. The number of carbonyl (C=O) groups excluding carboxylic acids is 1. The number of aliphatic carboxylic acids is 1. The number of amidine groups is 1. The Morgan fingerprint density at radius 3 is 2.57 bits per heavy atom. The number of amides is 1. The molecule has 0 radical (unpaired) electrons. The molecule has 30 heavy (non-hydrogen) atoms. The quantitative estimate of drug-likeness (QED) is 0.597. The van der Waals surface area contributed by atoms with Crippen LogP contribution in [0.2, 0.25) is 0 Å². The van der Waals surface area contributed by atoms with Gasteiger partial charge in [-0.2, -0.15) is 0 Å². The van der Waals surface area contributed by atoms with E-state index in [2.05, 4.69) is 20.9 Å². The number of hydrogen-bond donors (Lipinski definition) is 1. The van der Waals surface area contributed by atoms with Crippen molar-refractivity contribution in [2.75, 3.05) is 14.2 Å². The summed E-state index contributed by atoms with van der Waals surface area (Å²) in [6.45, 7) is 1.44. The van der Waals surface area contributed by atoms with Crippen molar-refractivity contribution in [3.8, 4) is 11.5 Å². The maximum Gasteiger partial charge on any atom is 0.344 e. The summed E-state index contributed by atoms with van der Waals surface area (Å²) in [7, 11) is 3.15. The molecular weight excluding hydrogens is 472 g/mol. The van der Waals surface area contributed by atoms with Gasteiger partial charge in [-0.25, -0.2) is 9.79 Å². The first kappa shape index (κ1) is 21.9. The third kappa shape index (κ3) is 5.03. The van der Waals surface area contributed by atoms with E-state index >= 15 is 0 Å². The Bertz CT molecular complexity index is 1040. The first-order chi connectivity index (χ1) is 14.3. The van der Waals surface area contributed by atoms with Gasteiger partial charge < -0.3 is 14.6 Å². The van der Waals surface area contributed by atoms with Gasteiger partial charge in [-0.3, -0.25) is 9.69 Å². The molecule has 0 spiro atoms. The third-order valence-electron chi connectivity index (χ3n) is 4.19. The van der Waals surface area contributed by atoms with Gasteiger partial charge in [0.05, 0.1) is 17.7 Å². The van der Waals surface area contributed by atoms with Crippen LogP contribution in [0, 0.1) is 0 Å². The fourth-order valence-corrected chi connectivity index (χ4v) is 3.79. The summed E-state index contributed by atoms with van der Waals surface area (Å²) >= 11 is 4.67. The van der Waals surface area contributed by atoms with Gasteiger partial charge >= 0.3 is 5.97 Å². The fourth-order valence-electron chi connectivity index (χ4n) is 2.54. The van der Waals surface area contributed by atoms with Gasteiger partial charge in [-0.1, -0.05) is 22.0 Å². The maximum atomic E-state index is 12.6. The molecule has 0 saturated carbocycles. The molecule has 1 aliphatic heterocycles. The Morgan fingerprint density at radius 1 is 1.23 bits per heavy atom. The maximum absolute atomic E-state index is 12.6. The van der Waals surface area contributed by atoms with Gasteiger partial charge in [-0.15, -0.1) is 0 Å². The normalized spacial score (nSPS) is 17.5. The molecule has 0 aliphatic carbocycles. The molecule has 1 N–H and O–H groups in total. The first-order valence-electron chi connectivity index (χ1n) is 8.88. The summed E-state index contributed by atoms with van der Waals surface area (Å²) in [6, 6.07) is 12.5. The number of ether oxygens (including phenoxy) is 2. The topological polar surface area (TPSA) is 88.4 Å². The molecule has 1 fully saturated rings. The fraction of sp³-hybridized carbons (Fsp3) is 0.190. The Labute approximate surface area is 186 Å². The van der Waals surface area contributed by atoms with Crippen molar-refractivity contribution >= 4 is 56.5 Å². The minimum atomic E-state index is -1.07. The molecular formula is C21H19BrN2O5S. The summed E-state index contributed by atoms with van der Waals surface area (Å²) in [4.78, 5) is 30.2. The molecule has 0 bridgehead atoms. The van der Waals surface area contributed by atoms with Crippen molar-refractivity contribution in [2.45, 2.75) is 13.0 Å². The lowest BCUT2D eigenvalue weighted by Crippen LogP contribution is -2.23. The van der Waals surface area contributed by atoms with Crippen molar-refractivity contribution < 1.29 is 24.2 Å². The lowest BCUT2D eigenvalue weighted by molar-refractivity contribution is -0.144. The van der Waals surface area contributed by atoms with Crippen molar-refractivity contribution in [3.05, 3.63) is 57.4 Å². The van der Waals surface area contributed by atoms with Crippen LogP contribution in [0.1, 0.15) is 12.5 Å². The first-order valence-corrected chi connectivity index (χ1v) is 10.5. The molecule has 3 rings (SSSR count). The highest BCUT2D eigenvalue weighted by Crippen LogP contribution is 2.35. The summed E-state index contributed by atoms with van der Waals surface area (Å²) in [5.41, 5.74) is 1.47. The summed E-state index contributed by atoms with van der Waals surface area (Å²) < 4.78 is 11.7. The molecule has 2 aromatic carbocycles. The minimum Gasteiger partial charge on any atom is -0.493 e. The molecule has 1 aliphatic rings. The van der Waals surface area contributed by atoms with E-state index in [0.717, 1.165) is 15.7 Å². The number of carboxylic acid groups (broad SMARTS) is 1. The molecule has 9 heteroatoms. The Morgan fingerprint density at radius 2 is 1.93 bits per heavy atom. The van der Waals surface area contributed by atoms with Gasteiger partial charge in [-0.05, 0) is 66.7 Å². The van der Waals surface area contributed by atoms with Crippen molar-refractivity contribution in [2.24, 2.45) is 4.99 Å². The van der Waals surface area contributed by atoms with E-state index in [1.807, 2.05) is 24.3 Å². The van der Waals surface area contributed by atoms with Crippen molar-refractivity contribution in [1.29, 1.82) is 0 Å². The van der Waals surface area contributed by atoms with Crippen LogP contribution in [-0.4, -0.2) is 47.3 Å². The molecule has 1 atom stereocenters. The summed E-state index contributed by atoms with van der Waals surface area (Å²) in [5.74, 6) is -0.536. The van der Waals surface area contributed by atoms with Gasteiger partial charge in [0.1, 0.15) is 0 Å². The minimum absolute atomic E-state index is 0.158. The number of thioether (sulfide) groups is 1. The molecule has 1 heterocycles. The number of nitrogens with zero attached hydrogens (tertiary/aromatic N) is 2. The highest BCUT2D eigenvalue weighted by molar-refractivity contribution is 9.10. The van der Waals surface area contributed by atoms with Crippen LogP contribution in [-0.2, 0) is 9.59 Å². The predicted octanol–water partition coefficient (Wildman–Crippen LogP) is 4.54. The average Bonchev–Trinajstić information content (AvgIpc) is 2.98. The van der Waals surface area contributed by atoms with E-state index in [4.69, 9.17) is 14.6 Å². The van der Waals surface area contributed by atoms with Crippen molar-refractivity contribution in [3.63, 3.8) is 0 Å². The number of likely N-dealkylation sites (N-methyl/N-ethyl adjacent to an activating group) is 1. The molecule has 7 nitrogen and oxygen atoms in total. The average molecular weight is 491 g/mol. The van der Waals surface area contributed by atoms with Gasteiger partial charge in [0, 0.05) is 11.5 Å². The Hall–Kier alpha value is -2.78. The standard InChI is InChI=1S/C21H19BrN2O5S/c1-12(20(26)27)29-16-9-4-13(10-17(16)28-3)11-18-19(25)24(2)21(30-18)23-15-7-5-14(22)6-8-15/h4-12H,1-3H3,(H,26,27)/b18-11-,23-21?/t12-/m0/s1. The number of rotatable bonds is 6.